The number of thioether (sulfide) groups is 1. The Morgan fingerprint density at radius 2 is 1.71 bits per heavy atom. The summed E-state index contributed by atoms with van der Waals surface area (Å²) in [6.07, 6.45) is 1.76. The maximum atomic E-state index is 12.2. The van der Waals surface area contributed by atoms with Crippen LogP contribution < -0.4 is 4.90 Å². The van der Waals surface area contributed by atoms with Gasteiger partial charge >= 0.3 is 0 Å². The van der Waals surface area contributed by atoms with Crippen LogP contribution in [-0.2, 0) is 4.79 Å². The highest BCUT2D eigenvalue weighted by atomic mass is 32.2. The minimum atomic E-state index is -0.226. The third-order valence-electron chi connectivity index (χ3n) is 3.01. The molecule has 1 aromatic carbocycles. The molecule has 2 amide bonds. The van der Waals surface area contributed by atoms with E-state index in [2.05, 4.69) is 0 Å². The molecule has 0 saturated carbocycles. The Hall–Kier alpha value is -1.79. The number of benzene rings is 1. The van der Waals surface area contributed by atoms with E-state index >= 15 is 0 Å². The van der Waals surface area contributed by atoms with Gasteiger partial charge in [-0.1, -0.05) is 12.1 Å². The molecule has 1 aliphatic rings. The molecule has 0 spiro atoms. The van der Waals surface area contributed by atoms with Gasteiger partial charge in [-0.3, -0.25) is 19.4 Å². The van der Waals surface area contributed by atoms with Crippen LogP contribution >= 0.6 is 11.8 Å². The topological polar surface area (TPSA) is 43.9 Å². The number of amides is 2. The molecule has 6 heteroatoms. The first-order chi connectivity index (χ1) is 9.88. The van der Waals surface area contributed by atoms with Crippen molar-refractivity contribution in [2.75, 3.05) is 39.8 Å². The Morgan fingerprint density at radius 1 is 1.10 bits per heavy atom. The zero-order chi connectivity index (χ0) is 15.6. The summed E-state index contributed by atoms with van der Waals surface area (Å²) in [6.45, 7) is 0.307. The van der Waals surface area contributed by atoms with Gasteiger partial charge in [-0.25, -0.2) is 0 Å². The van der Waals surface area contributed by atoms with Crippen LogP contribution in [0.25, 0.3) is 6.08 Å². The van der Waals surface area contributed by atoms with Gasteiger partial charge in [-0.2, -0.15) is 0 Å². The Labute approximate surface area is 129 Å². The maximum Gasteiger partial charge on any atom is 0.294 e. The summed E-state index contributed by atoms with van der Waals surface area (Å²) in [5, 5.41) is -0.218. The maximum absolute atomic E-state index is 12.2. The molecule has 1 fully saturated rings. The number of anilines is 1. The SMILES string of the molecule is CN(C)CN1C(=O)S/C(=C/c2ccc(N(C)C)cc2)C1=O. The van der Waals surface area contributed by atoms with E-state index in [1.807, 2.05) is 57.4 Å². The molecule has 0 aromatic heterocycles. The van der Waals surface area contributed by atoms with Gasteiger partial charge in [-0.15, -0.1) is 0 Å². The number of hydrogen-bond donors (Lipinski definition) is 0. The first-order valence-corrected chi connectivity index (χ1v) is 7.37. The normalized spacial score (nSPS) is 17.2. The number of hydrogen-bond acceptors (Lipinski definition) is 5. The second-order valence-electron chi connectivity index (χ2n) is 5.32. The number of nitrogens with zero attached hydrogens (tertiary/aromatic N) is 3. The lowest BCUT2D eigenvalue weighted by Crippen LogP contribution is -2.36. The van der Waals surface area contributed by atoms with Crippen LogP contribution in [0.4, 0.5) is 10.5 Å². The molecular formula is C15H19N3O2S. The molecule has 21 heavy (non-hydrogen) atoms. The zero-order valence-electron chi connectivity index (χ0n) is 12.7. The van der Waals surface area contributed by atoms with Crippen molar-refractivity contribution in [2.45, 2.75) is 0 Å². The van der Waals surface area contributed by atoms with Crippen molar-refractivity contribution < 1.29 is 9.59 Å². The highest BCUT2D eigenvalue weighted by molar-refractivity contribution is 8.18. The largest absolute Gasteiger partial charge is 0.378 e. The van der Waals surface area contributed by atoms with Crippen LogP contribution in [0.15, 0.2) is 29.2 Å². The number of carbonyl (C=O) groups is 2. The second-order valence-corrected chi connectivity index (χ2v) is 6.31. The third kappa shape index (κ3) is 3.65. The smallest absolute Gasteiger partial charge is 0.294 e. The molecule has 0 unspecified atom stereocenters. The highest BCUT2D eigenvalue weighted by Crippen LogP contribution is 2.32. The quantitative estimate of drug-likeness (QED) is 0.799. The molecule has 0 radical (unpaired) electrons. The van der Waals surface area contributed by atoms with Crippen molar-refractivity contribution in [3.63, 3.8) is 0 Å². The minimum Gasteiger partial charge on any atom is -0.378 e. The zero-order valence-corrected chi connectivity index (χ0v) is 13.5. The predicted octanol–water partition coefficient (Wildman–Crippen LogP) is 2.31. The van der Waals surface area contributed by atoms with E-state index in [9.17, 15) is 9.59 Å². The molecule has 1 aromatic rings. The average Bonchev–Trinajstić information content (AvgIpc) is 2.67. The number of rotatable bonds is 4. The lowest BCUT2D eigenvalue weighted by atomic mass is 10.2. The van der Waals surface area contributed by atoms with E-state index in [1.54, 1.807) is 11.0 Å². The van der Waals surface area contributed by atoms with Gasteiger partial charge in [0.1, 0.15) is 0 Å². The number of carbonyl (C=O) groups excluding carboxylic acids is 2. The van der Waals surface area contributed by atoms with E-state index in [-0.39, 0.29) is 11.1 Å². The molecule has 5 nitrogen and oxygen atoms in total. The molecule has 0 N–H and O–H groups in total. The monoisotopic (exact) mass is 305 g/mol. The summed E-state index contributed by atoms with van der Waals surface area (Å²) in [6, 6.07) is 7.84. The first kappa shape index (κ1) is 15.6. The molecule has 1 aliphatic heterocycles. The fourth-order valence-electron chi connectivity index (χ4n) is 1.92. The average molecular weight is 305 g/mol. The molecule has 1 saturated heterocycles. The van der Waals surface area contributed by atoms with Crippen molar-refractivity contribution in [3.05, 3.63) is 34.7 Å². The lowest BCUT2D eigenvalue weighted by Gasteiger charge is -2.17. The summed E-state index contributed by atoms with van der Waals surface area (Å²) in [4.78, 5) is 29.6. The van der Waals surface area contributed by atoms with Gasteiger partial charge in [0.2, 0.25) is 0 Å². The van der Waals surface area contributed by atoms with Gasteiger partial charge in [0, 0.05) is 19.8 Å². The van der Waals surface area contributed by atoms with Crippen LogP contribution in [0.2, 0.25) is 0 Å². The van der Waals surface area contributed by atoms with E-state index in [0.717, 1.165) is 23.0 Å². The summed E-state index contributed by atoms with van der Waals surface area (Å²) < 4.78 is 0. The number of imide groups is 1. The first-order valence-electron chi connectivity index (χ1n) is 6.56. The van der Waals surface area contributed by atoms with Crippen molar-refractivity contribution in [3.8, 4) is 0 Å². The summed E-state index contributed by atoms with van der Waals surface area (Å²) in [5.41, 5.74) is 2.00. The Balaban J connectivity index is 2.18. The molecule has 0 bridgehead atoms. The van der Waals surface area contributed by atoms with Gasteiger partial charge in [-0.05, 0) is 49.6 Å². The molecule has 112 valence electrons. The van der Waals surface area contributed by atoms with Crippen LogP contribution in [0, 0.1) is 0 Å². The summed E-state index contributed by atoms with van der Waals surface area (Å²) in [7, 11) is 7.60. The Kier molecular flexibility index (Phi) is 4.69. The van der Waals surface area contributed by atoms with Crippen molar-refractivity contribution in [1.82, 2.24) is 9.80 Å². The van der Waals surface area contributed by atoms with E-state index in [4.69, 9.17) is 0 Å². The van der Waals surface area contributed by atoms with E-state index < -0.39 is 0 Å². The van der Waals surface area contributed by atoms with Crippen LogP contribution in [-0.4, -0.2) is 55.8 Å². The summed E-state index contributed by atoms with van der Waals surface area (Å²) >= 11 is 0.991. The van der Waals surface area contributed by atoms with Crippen molar-refractivity contribution >= 4 is 34.7 Å². The lowest BCUT2D eigenvalue weighted by molar-refractivity contribution is -0.123. The molecule has 0 aliphatic carbocycles. The van der Waals surface area contributed by atoms with Gasteiger partial charge < -0.3 is 4.90 Å². The van der Waals surface area contributed by atoms with E-state index in [1.165, 1.54) is 4.90 Å². The minimum absolute atomic E-state index is 0.218. The summed E-state index contributed by atoms with van der Waals surface area (Å²) in [5.74, 6) is -0.226. The fraction of sp³-hybridized carbons (Fsp3) is 0.333. The van der Waals surface area contributed by atoms with Gasteiger partial charge in [0.25, 0.3) is 11.1 Å². The third-order valence-corrected chi connectivity index (χ3v) is 3.91. The molecule has 2 rings (SSSR count). The van der Waals surface area contributed by atoms with Crippen LogP contribution in [0.3, 0.4) is 0 Å². The molecular weight excluding hydrogens is 286 g/mol. The second kappa shape index (κ2) is 6.32. The van der Waals surface area contributed by atoms with E-state index in [0.29, 0.717) is 11.6 Å². The fourth-order valence-corrected chi connectivity index (χ4v) is 2.76. The molecule has 0 atom stereocenters. The Morgan fingerprint density at radius 3 is 2.24 bits per heavy atom. The van der Waals surface area contributed by atoms with Crippen molar-refractivity contribution in [2.24, 2.45) is 0 Å². The van der Waals surface area contributed by atoms with Crippen LogP contribution in [0.1, 0.15) is 5.56 Å². The predicted molar refractivity (Wildman–Crippen MR) is 87.1 cm³/mol. The Bertz CT molecular complexity index is 579. The molecule has 1 heterocycles. The standard InChI is InChI=1S/C15H19N3O2S/c1-16(2)10-18-14(19)13(21-15(18)20)9-11-5-7-12(8-6-11)17(3)4/h5-9H,10H2,1-4H3/b13-9+. The van der Waals surface area contributed by atoms with Crippen molar-refractivity contribution in [1.29, 1.82) is 0 Å². The van der Waals surface area contributed by atoms with Crippen LogP contribution in [0.5, 0.6) is 0 Å². The van der Waals surface area contributed by atoms with Gasteiger partial charge in [0.15, 0.2) is 0 Å². The highest BCUT2D eigenvalue weighted by Gasteiger charge is 2.35. The van der Waals surface area contributed by atoms with Gasteiger partial charge in [0.05, 0.1) is 11.6 Å².